The van der Waals surface area contributed by atoms with E-state index in [0.717, 1.165) is 0 Å². The molecule has 0 bridgehead atoms. The highest BCUT2D eigenvalue weighted by Gasteiger charge is 2.11. The standard InChI is InChI=1S/C9H14ClN5/c1-6(8(11)12)5-15(2)9-13-3-7(10)4-14-9/h3-4,6H,5H2,1-2H3,(H3,11,12). The number of aromatic nitrogens is 2. The Morgan fingerprint density at radius 3 is 2.60 bits per heavy atom. The van der Waals surface area contributed by atoms with Crippen LogP contribution in [0.4, 0.5) is 5.95 Å². The zero-order chi connectivity index (χ0) is 11.4. The Hall–Kier alpha value is -1.36. The molecule has 1 rings (SSSR count). The second-order valence-electron chi connectivity index (χ2n) is 3.44. The van der Waals surface area contributed by atoms with Gasteiger partial charge in [0.25, 0.3) is 0 Å². The summed E-state index contributed by atoms with van der Waals surface area (Å²) >= 11 is 5.67. The van der Waals surface area contributed by atoms with Crippen molar-refractivity contribution < 1.29 is 0 Å². The van der Waals surface area contributed by atoms with Gasteiger partial charge in [0.1, 0.15) is 0 Å². The second-order valence-corrected chi connectivity index (χ2v) is 3.87. The predicted octanol–water partition coefficient (Wildman–Crippen LogP) is 1.14. The smallest absolute Gasteiger partial charge is 0.225 e. The summed E-state index contributed by atoms with van der Waals surface area (Å²) < 4.78 is 0. The van der Waals surface area contributed by atoms with Crippen molar-refractivity contribution in [2.45, 2.75) is 6.92 Å². The summed E-state index contributed by atoms with van der Waals surface area (Å²) in [5.74, 6) is 0.720. The monoisotopic (exact) mass is 227 g/mol. The lowest BCUT2D eigenvalue weighted by molar-refractivity contribution is 0.714. The van der Waals surface area contributed by atoms with Crippen LogP contribution in [0, 0.1) is 11.3 Å². The number of hydrogen-bond acceptors (Lipinski definition) is 4. The number of rotatable bonds is 4. The van der Waals surface area contributed by atoms with Gasteiger partial charge in [0.15, 0.2) is 0 Å². The number of amidine groups is 1. The van der Waals surface area contributed by atoms with Crippen molar-refractivity contribution in [3.63, 3.8) is 0 Å². The number of nitrogens with two attached hydrogens (primary N) is 1. The Kier molecular flexibility index (Phi) is 3.85. The van der Waals surface area contributed by atoms with E-state index in [-0.39, 0.29) is 11.8 Å². The summed E-state index contributed by atoms with van der Waals surface area (Å²) in [6, 6.07) is 0. The maximum absolute atomic E-state index is 7.28. The number of nitrogens with one attached hydrogen (secondary N) is 1. The largest absolute Gasteiger partial charge is 0.387 e. The van der Waals surface area contributed by atoms with Gasteiger partial charge in [-0.25, -0.2) is 9.97 Å². The van der Waals surface area contributed by atoms with Gasteiger partial charge in [-0.1, -0.05) is 18.5 Å². The summed E-state index contributed by atoms with van der Waals surface area (Å²) in [5.41, 5.74) is 5.38. The van der Waals surface area contributed by atoms with Gasteiger partial charge in [-0.2, -0.15) is 0 Å². The fourth-order valence-corrected chi connectivity index (χ4v) is 1.19. The van der Waals surface area contributed by atoms with Gasteiger partial charge in [-0.3, -0.25) is 5.41 Å². The molecule has 0 amide bonds. The molecule has 6 heteroatoms. The van der Waals surface area contributed by atoms with Gasteiger partial charge in [-0.05, 0) is 0 Å². The van der Waals surface area contributed by atoms with Gasteiger partial charge in [-0.15, -0.1) is 0 Å². The molecule has 15 heavy (non-hydrogen) atoms. The van der Waals surface area contributed by atoms with Crippen molar-refractivity contribution in [2.24, 2.45) is 11.7 Å². The molecule has 1 atom stereocenters. The minimum atomic E-state index is -0.0192. The summed E-state index contributed by atoms with van der Waals surface area (Å²) in [4.78, 5) is 9.96. The maximum atomic E-state index is 7.28. The van der Waals surface area contributed by atoms with Crippen LogP contribution in [0.1, 0.15) is 6.92 Å². The van der Waals surface area contributed by atoms with Gasteiger partial charge >= 0.3 is 0 Å². The number of anilines is 1. The Morgan fingerprint density at radius 2 is 2.13 bits per heavy atom. The molecule has 0 spiro atoms. The van der Waals surface area contributed by atoms with E-state index in [1.54, 1.807) is 12.4 Å². The molecule has 0 saturated heterocycles. The van der Waals surface area contributed by atoms with Crippen LogP contribution in [-0.4, -0.2) is 29.4 Å². The van der Waals surface area contributed by atoms with E-state index in [1.165, 1.54) is 0 Å². The van der Waals surface area contributed by atoms with E-state index in [0.29, 0.717) is 17.5 Å². The lowest BCUT2D eigenvalue weighted by Crippen LogP contribution is -2.32. The highest BCUT2D eigenvalue weighted by Crippen LogP contribution is 2.10. The Bertz CT molecular complexity index is 337. The van der Waals surface area contributed by atoms with Crippen molar-refractivity contribution >= 4 is 23.4 Å². The molecule has 0 aliphatic carbocycles. The van der Waals surface area contributed by atoms with E-state index in [1.807, 2.05) is 18.9 Å². The normalized spacial score (nSPS) is 12.2. The first kappa shape index (κ1) is 11.7. The first-order valence-corrected chi connectivity index (χ1v) is 4.91. The van der Waals surface area contributed by atoms with Crippen LogP contribution in [0.3, 0.4) is 0 Å². The van der Waals surface area contributed by atoms with Crippen molar-refractivity contribution in [1.29, 1.82) is 5.41 Å². The van der Waals surface area contributed by atoms with Gasteiger partial charge in [0, 0.05) is 19.5 Å². The summed E-state index contributed by atoms with van der Waals surface area (Å²) in [7, 11) is 1.85. The van der Waals surface area contributed by atoms with Crippen molar-refractivity contribution in [3.8, 4) is 0 Å². The quantitative estimate of drug-likeness (QED) is 0.597. The zero-order valence-corrected chi connectivity index (χ0v) is 9.49. The van der Waals surface area contributed by atoms with E-state index in [2.05, 4.69) is 9.97 Å². The molecule has 5 nitrogen and oxygen atoms in total. The van der Waals surface area contributed by atoms with Crippen molar-refractivity contribution in [2.75, 3.05) is 18.5 Å². The van der Waals surface area contributed by atoms with Crippen LogP contribution in [0.15, 0.2) is 12.4 Å². The lowest BCUT2D eigenvalue weighted by atomic mass is 10.1. The number of halogens is 1. The molecular weight excluding hydrogens is 214 g/mol. The topological polar surface area (TPSA) is 78.9 Å². The van der Waals surface area contributed by atoms with Gasteiger partial charge in [0.05, 0.1) is 23.3 Å². The maximum Gasteiger partial charge on any atom is 0.225 e. The number of nitrogens with zero attached hydrogens (tertiary/aromatic N) is 3. The fraction of sp³-hybridized carbons (Fsp3) is 0.444. The van der Waals surface area contributed by atoms with E-state index in [9.17, 15) is 0 Å². The number of hydrogen-bond donors (Lipinski definition) is 2. The van der Waals surface area contributed by atoms with Crippen LogP contribution in [0.2, 0.25) is 5.02 Å². The zero-order valence-electron chi connectivity index (χ0n) is 8.74. The average Bonchev–Trinajstić information content (AvgIpc) is 2.18. The third-order valence-electron chi connectivity index (χ3n) is 2.03. The third-order valence-corrected chi connectivity index (χ3v) is 2.22. The summed E-state index contributed by atoms with van der Waals surface area (Å²) in [6.45, 7) is 2.49. The first-order chi connectivity index (χ1) is 7.00. The van der Waals surface area contributed by atoms with Crippen LogP contribution in [0.5, 0.6) is 0 Å². The van der Waals surface area contributed by atoms with E-state index >= 15 is 0 Å². The SMILES string of the molecule is CC(CN(C)c1ncc(Cl)cn1)C(=N)N. The Labute approximate surface area is 93.8 Å². The highest BCUT2D eigenvalue weighted by molar-refractivity contribution is 6.30. The van der Waals surface area contributed by atoms with Crippen LogP contribution < -0.4 is 10.6 Å². The molecule has 0 fully saturated rings. The highest BCUT2D eigenvalue weighted by atomic mass is 35.5. The van der Waals surface area contributed by atoms with Crippen LogP contribution in [0.25, 0.3) is 0 Å². The molecule has 82 valence electrons. The Balaban J connectivity index is 2.64. The molecule has 3 N–H and O–H groups in total. The van der Waals surface area contributed by atoms with E-state index in [4.69, 9.17) is 22.7 Å². The lowest BCUT2D eigenvalue weighted by Gasteiger charge is -2.20. The molecule has 0 aromatic carbocycles. The third kappa shape index (κ3) is 3.36. The minimum Gasteiger partial charge on any atom is -0.387 e. The van der Waals surface area contributed by atoms with Crippen LogP contribution >= 0.6 is 11.6 Å². The Morgan fingerprint density at radius 1 is 1.60 bits per heavy atom. The average molecular weight is 228 g/mol. The fourth-order valence-electron chi connectivity index (χ4n) is 1.09. The predicted molar refractivity (Wildman–Crippen MR) is 61.4 cm³/mol. The van der Waals surface area contributed by atoms with Crippen LogP contribution in [-0.2, 0) is 0 Å². The molecule has 0 saturated carbocycles. The van der Waals surface area contributed by atoms with Gasteiger partial charge in [0.2, 0.25) is 5.95 Å². The van der Waals surface area contributed by atoms with Gasteiger partial charge < -0.3 is 10.6 Å². The molecule has 0 aliphatic rings. The van der Waals surface area contributed by atoms with Crippen molar-refractivity contribution in [3.05, 3.63) is 17.4 Å². The minimum absolute atomic E-state index is 0.0192. The molecule has 0 aliphatic heterocycles. The van der Waals surface area contributed by atoms with Crippen molar-refractivity contribution in [1.82, 2.24) is 9.97 Å². The molecule has 1 heterocycles. The first-order valence-electron chi connectivity index (χ1n) is 4.53. The molecule has 1 aromatic rings. The summed E-state index contributed by atoms with van der Waals surface area (Å²) in [6.07, 6.45) is 3.08. The molecule has 1 unspecified atom stereocenters. The molecule has 0 radical (unpaired) electrons. The molecule has 1 aromatic heterocycles. The van der Waals surface area contributed by atoms with E-state index < -0.39 is 0 Å². The second kappa shape index (κ2) is 4.93. The molecular formula is C9H14ClN5. The summed E-state index contributed by atoms with van der Waals surface area (Å²) in [5, 5.41) is 7.79.